The molecule has 30 heavy (non-hydrogen) atoms. The minimum absolute atomic E-state index is 0.199. The van der Waals surface area contributed by atoms with E-state index >= 15 is 0 Å². The van der Waals surface area contributed by atoms with Crippen molar-refractivity contribution >= 4 is 5.82 Å². The molecule has 0 amide bonds. The Hall–Kier alpha value is -3.21. The van der Waals surface area contributed by atoms with Gasteiger partial charge in [0.2, 0.25) is 5.60 Å². The molecule has 1 unspecified atom stereocenters. The SMILES string of the molecule is CCc1cc(=O)[nH]c(-c2ccc(NCCC(O)(c3nccn3C)C(F)(F)F)nc2)n1. The Balaban J connectivity index is 1.71. The second-order valence-electron chi connectivity index (χ2n) is 6.77. The van der Waals surface area contributed by atoms with Crippen molar-refractivity contribution in [1.29, 1.82) is 0 Å². The number of hydrogen-bond donors (Lipinski definition) is 3. The lowest BCUT2D eigenvalue weighted by molar-refractivity contribution is -0.271. The molecule has 0 spiro atoms. The Morgan fingerprint density at radius 2 is 2.03 bits per heavy atom. The Kier molecular flexibility index (Phi) is 5.92. The predicted octanol–water partition coefficient (Wildman–Crippen LogP) is 2.38. The van der Waals surface area contributed by atoms with Gasteiger partial charge in [-0.05, 0) is 18.6 Å². The largest absolute Gasteiger partial charge is 0.424 e. The van der Waals surface area contributed by atoms with E-state index in [1.165, 1.54) is 31.7 Å². The minimum atomic E-state index is -4.90. The fraction of sp³-hybridized carbons (Fsp3) is 0.368. The summed E-state index contributed by atoms with van der Waals surface area (Å²) in [4.78, 5) is 26.5. The maximum absolute atomic E-state index is 13.5. The first-order valence-electron chi connectivity index (χ1n) is 9.21. The molecule has 11 heteroatoms. The predicted molar refractivity (Wildman–Crippen MR) is 104 cm³/mol. The highest BCUT2D eigenvalue weighted by molar-refractivity contribution is 5.55. The van der Waals surface area contributed by atoms with Crippen molar-refractivity contribution in [3.8, 4) is 11.4 Å². The average Bonchev–Trinajstić information content (AvgIpc) is 3.13. The zero-order chi connectivity index (χ0) is 21.9. The number of alkyl halides is 3. The normalized spacial score (nSPS) is 13.8. The quantitative estimate of drug-likeness (QED) is 0.540. The summed E-state index contributed by atoms with van der Waals surface area (Å²) in [6.45, 7) is 1.68. The van der Waals surface area contributed by atoms with E-state index in [1.807, 2.05) is 6.92 Å². The summed E-state index contributed by atoms with van der Waals surface area (Å²) >= 11 is 0. The van der Waals surface area contributed by atoms with Gasteiger partial charge in [-0.1, -0.05) is 6.92 Å². The van der Waals surface area contributed by atoms with Crippen LogP contribution in [0.1, 0.15) is 24.9 Å². The summed E-state index contributed by atoms with van der Waals surface area (Å²) in [5.41, 5.74) is -2.17. The molecule has 1 atom stereocenters. The number of aliphatic hydroxyl groups is 1. The number of H-pyrrole nitrogens is 1. The standard InChI is InChI=1S/C19H21F3N6O2/c1-3-13-10-15(29)27-16(26-13)12-4-5-14(25-11-12)23-7-6-18(30,19(20,21)22)17-24-8-9-28(17)2/h4-5,8-11,30H,3,6-7H2,1-2H3,(H,23,25)(H,26,27,29). The molecule has 3 aromatic heterocycles. The first kappa shape index (κ1) is 21.5. The van der Waals surface area contributed by atoms with Gasteiger partial charge in [-0.25, -0.2) is 15.0 Å². The van der Waals surface area contributed by atoms with Crippen LogP contribution in [0.5, 0.6) is 0 Å². The smallest absolute Gasteiger partial charge is 0.374 e. The summed E-state index contributed by atoms with van der Waals surface area (Å²) in [7, 11) is 1.39. The number of aryl methyl sites for hydroxylation is 2. The topological polar surface area (TPSA) is 109 Å². The zero-order valence-corrected chi connectivity index (χ0v) is 16.4. The van der Waals surface area contributed by atoms with Gasteiger partial charge in [-0.3, -0.25) is 4.79 Å². The molecule has 160 valence electrons. The number of aromatic amines is 1. The van der Waals surface area contributed by atoms with E-state index in [2.05, 4.69) is 25.3 Å². The van der Waals surface area contributed by atoms with Crippen molar-refractivity contribution in [3.05, 3.63) is 58.7 Å². The molecule has 3 rings (SSSR count). The average molecular weight is 422 g/mol. The summed E-state index contributed by atoms with van der Waals surface area (Å²) in [6.07, 6.45) is -0.959. The fourth-order valence-corrected chi connectivity index (χ4v) is 2.98. The summed E-state index contributed by atoms with van der Waals surface area (Å²) in [5, 5.41) is 13.1. The van der Waals surface area contributed by atoms with E-state index in [0.717, 1.165) is 4.57 Å². The summed E-state index contributed by atoms with van der Waals surface area (Å²) in [6, 6.07) is 4.61. The third-order valence-corrected chi connectivity index (χ3v) is 4.65. The Morgan fingerprint density at radius 1 is 1.27 bits per heavy atom. The highest BCUT2D eigenvalue weighted by atomic mass is 19.4. The highest BCUT2D eigenvalue weighted by Gasteiger charge is 2.57. The number of anilines is 1. The van der Waals surface area contributed by atoms with Crippen molar-refractivity contribution in [3.63, 3.8) is 0 Å². The van der Waals surface area contributed by atoms with Crippen LogP contribution in [0.15, 0.2) is 41.6 Å². The Bertz CT molecular complexity index is 1060. The number of halogens is 3. The number of nitrogens with one attached hydrogen (secondary N) is 2. The van der Waals surface area contributed by atoms with Gasteiger partial charge in [0.05, 0.1) is 0 Å². The monoisotopic (exact) mass is 422 g/mol. The van der Waals surface area contributed by atoms with E-state index in [4.69, 9.17) is 0 Å². The van der Waals surface area contributed by atoms with Gasteiger partial charge in [0, 0.05) is 55.9 Å². The number of aromatic nitrogens is 5. The van der Waals surface area contributed by atoms with E-state index in [9.17, 15) is 23.1 Å². The molecule has 0 bridgehead atoms. The zero-order valence-electron chi connectivity index (χ0n) is 16.4. The molecule has 0 saturated heterocycles. The van der Waals surface area contributed by atoms with Crippen molar-refractivity contribution < 1.29 is 18.3 Å². The molecule has 8 nitrogen and oxygen atoms in total. The lowest BCUT2D eigenvalue weighted by atomic mass is 9.97. The maximum Gasteiger partial charge on any atom is 0.424 e. The van der Waals surface area contributed by atoms with Crippen molar-refractivity contribution in [1.82, 2.24) is 24.5 Å². The van der Waals surface area contributed by atoms with Crippen LogP contribution in [-0.4, -0.2) is 42.3 Å². The van der Waals surface area contributed by atoms with Gasteiger partial charge in [0.25, 0.3) is 5.56 Å². The molecular formula is C19H21F3N6O2. The highest BCUT2D eigenvalue weighted by Crippen LogP contribution is 2.40. The molecule has 0 aliphatic carbocycles. The van der Waals surface area contributed by atoms with Crippen LogP contribution >= 0.6 is 0 Å². The molecule has 0 aliphatic rings. The maximum atomic E-state index is 13.5. The van der Waals surface area contributed by atoms with Crippen LogP contribution in [0, 0.1) is 0 Å². The van der Waals surface area contributed by atoms with Crippen LogP contribution in [0.25, 0.3) is 11.4 Å². The van der Waals surface area contributed by atoms with Crippen LogP contribution in [-0.2, 0) is 19.1 Å². The van der Waals surface area contributed by atoms with Crippen LogP contribution in [0.3, 0.4) is 0 Å². The summed E-state index contributed by atoms with van der Waals surface area (Å²) < 4.78 is 41.7. The molecule has 3 heterocycles. The number of nitrogens with zero attached hydrogens (tertiary/aromatic N) is 4. The van der Waals surface area contributed by atoms with Crippen molar-refractivity contribution in [2.24, 2.45) is 7.05 Å². The van der Waals surface area contributed by atoms with Gasteiger partial charge in [0.1, 0.15) is 17.5 Å². The fourth-order valence-electron chi connectivity index (χ4n) is 2.98. The molecule has 0 radical (unpaired) electrons. The molecule has 0 fully saturated rings. The van der Waals surface area contributed by atoms with Crippen LogP contribution in [0.4, 0.5) is 19.0 Å². The van der Waals surface area contributed by atoms with Gasteiger partial charge in [-0.15, -0.1) is 0 Å². The van der Waals surface area contributed by atoms with Gasteiger partial charge >= 0.3 is 6.18 Å². The third-order valence-electron chi connectivity index (χ3n) is 4.65. The van der Waals surface area contributed by atoms with Crippen LogP contribution in [0.2, 0.25) is 0 Å². The first-order chi connectivity index (χ1) is 14.1. The molecule has 0 aliphatic heterocycles. The van der Waals surface area contributed by atoms with Crippen LogP contribution < -0.4 is 10.9 Å². The van der Waals surface area contributed by atoms with E-state index in [-0.39, 0.29) is 12.1 Å². The van der Waals surface area contributed by atoms with Gasteiger partial charge in [0.15, 0.2) is 0 Å². The third kappa shape index (κ3) is 4.35. The minimum Gasteiger partial charge on any atom is -0.374 e. The Morgan fingerprint density at radius 3 is 2.60 bits per heavy atom. The number of imidazole rings is 1. The van der Waals surface area contributed by atoms with Gasteiger partial charge in [-0.2, -0.15) is 13.2 Å². The number of rotatable bonds is 7. The van der Waals surface area contributed by atoms with E-state index in [0.29, 0.717) is 29.3 Å². The number of hydrogen-bond acceptors (Lipinski definition) is 6. The van der Waals surface area contributed by atoms with E-state index in [1.54, 1.807) is 12.1 Å². The second kappa shape index (κ2) is 8.27. The van der Waals surface area contributed by atoms with Crippen molar-refractivity contribution in [2.75, 3.05) is 11.9 Å². The number of pyridine rings is 1. The molecule has 3 N–H and O–H groups in total. The Labute approximate surface area is 169 Å². The molecule has 0 saturated carbocycles. The van der Waals surface area contributed by atoms with Crippen molar-refractivity contribution in [2.45, 2.75) is 31.5 Å². The molecule has 3 aromatic rings. The lowest BCUT2D eigenvalue weighted by Gasteiger charge is -2.30. The summed E-state index contributed by atoms with van der Waals surface area (Å²) in [5.74, 6) is 0.197. The lowest BCUT2D eigenvalue weighted by Crippen LogP contribution is -2.45. The molecule has 0 aromatic carbocycles. The van der Waals surface area contributed by atoms with E-state index < -0.39 is 24.0 Å². The molecular weight excluding hydrogens is 401 g/mol. The van der Waals surface area contributed by atoms with Gasteiger partial charge < -0.3 is 20.0 Å². The second-order valence-corrected chi connectivity index (χ2v) is 6.77. The first-order valence-corrected chi connectivity index (χ1v) is 9.21.